The quantitative estimate of drug-likeness (QED) is 0.723. The molecule has 0 aromatic carbocycles. The molecule has 14 heavy (non-hydrogen) atoms. The third kappa shape index (κ3) is 1.57. The SMILES string of the molecule is OCc1ccn(-c2ccc(O)cn2)n1. The molecular formula is C9H9N3O2. The standard InChI is InChI=1S/C9H9N3O2/c13-6-7-3-4-12(11-7)9-2-1-8(14)5-10-9/h1-5,13-14H,6H2. The Morgan fingerprint density at radius 2 is 2.14 bits per heavy atom. The molecule has 2 aromatic rings. The molecule has 0 saturated heterocycles. The van der Waals surface area contributed by atoms with E-state index in [1.165, 1.54) is 16.9 Å². The Hall–Kier alpha value is -1.88. The van der Waals surface area contributed by atoms with Gasteiger partial charge in [0.1, 0.15) is 5.75 Å². The van der Waals surface area contributed by atoms with Crippen LogP contribution < -0.4 is 0 Å². The molecule has 0 spiro atoms. The smallest absolute Gasteiger partial charge is 0.153 e. The molecule has 0 aliphatic heterocycles. The fourth-order valence-electron chi connectivity index (χ4n) is 1.09. The lowest BCUT2D eigenvalue weighted by Crippen LogP contribution is -1.98. The second-order valence-corrected chi connectivity index (χ2v) is 2.78. The summed E-state index contributed by atoms with van der Waals surface area (Å²) in [4.78, 5) is 3.96. The van der Waals surface area contributed by atoms with Gasteiger partial charge in [-0.3, -0.25) is 0 Å². The number of aliphatic hydroxyl groups is 1. The van der Waals surface area contributed by atoms with Gasteiger partial charge in [-0.05, 0) is 18.2 Å². The zero-order chi connectivity index (χ0) is 9.97. The summed E-state index contributed by atoms with van der Waals surface area (Å²) < 4.78 is 1.53. The van der Waals surface area contributed by atoms with E-state index in [9.17, 15) is 0 Å². The van der Waals surface area contributed by atoms with Crippen molar-refractivity contribution in [2.24, 2.45) is 0 Å². The van der Waals surface area contributed by atoms with Crippen LogP contribution in [-0.2, 0) is 6.61 Å². The van der Waals surface area contributed by atoms with Crippen LogP contribution in [0.2, 0.25) is 0 Å². The van der Waals surface area contributed by atoms with Crippen LogP contribution in [0.15, 0.2) is 30.6 Å². The third-order valence-corrected chi connectivity index (χ3v) is 1.77. The molecule has 5 nitrogen and oxygen atoms in total. The Labute approximate surface area is 80.3 Å². The summed E-state index contributed by atoms with van der Waals surface area (Å²) in [5.41, 5.74) is 0.583. The number of rotatable bonds is 2. The largest absolute Gasteiger partial charge is 0.506 e. The molecule has 2 rings (SSSR count). The maximum Gasteiger partial charge on any atom is 0.153 e. The fourth-order valence-corrected chi connectivity index (χ4v) is 1.09. The molecule has 0 amide bonds. The first kappa shape index (κ1) is 8.71. The average Bonchev–Trinajstić information content (AvgIpc) is 2.67. The molecule has 72 valence electrons. The summed E-state index contributed by atoms with van der Waals surface area (Å²) in [7, 11) is 0. The summed E-state index contributed by atoms with van der Waals surface area (Å²) in [5.74, 6) is 0.714. The molecule has 0 atom stereocenters. The van der Waals surface area contributed by atoms with Gasteiger partial charge in [0.2, 0.25) is 0 Å². The maximum atomic E-state index is 9.02. The van der Waals surface area contributed by atoms with E-state index in [1.54, 1.807) is 18.3 Å². The van der Waals surface area contributed by atoms with Crippen molar-refractivity contribution < 1.29 is 10.2 Å². The van der Waals surface area contributed by atoms with Crippen LogP contribution in [0.1, 0.15) is 5.69 Å². The van der Waals surface area contributed by atoms with E-state index < -0.39 is 0 Å². The first-order valence-corrected chi connectivity index (χ1v) is 4.10. The molecule has 0 bridgehead atoms. The van der Waals surface area contributed by atoms with Gasteiger partial charge in [0, 0.05) is 6.20 Å². The predicted octanol–water partition coefficient (Wildman–Crippen LogP) is 0.465. The van der Waals surface area contributed by atoms with Crippen LogP contribution in [0.25, 0.3) is 5.82 Å². The van der Waals surface area contributed by atoms with Gasteiger partial charge in [0.05, 0.1) is 18.5 Å². The molecule has 0 radical (unpaired) electrons. The Bertz CT molecular complexity index is 422. The lowest BCUT2D eigenvalue weighted by Gasteiger charge is -1.99. The zero-order valence-corrected chi connectivity index (χ0v) is 7.33. The highest BCUT2D eigenvalue weighted by Crippen LogP contribution is 2.09. The summed E-state index contributed by atoms with van der Waals surface area (Å²) >= 11 is 0. The fraction of sp³-hybridized carbons (Fsp3) is 0.111. The molecule has 2 aromatic heterocycles. The minimum absolute atomic E-state index is 0.0922. The monoisotopic (exact) mass is 191 g/mol. The summed E-state index contributed by atoms with van der Waals surface area (Å²) in [6, 6.07) is 4.88. The van der Waals surface area contributed by atoms with Crippen LogP contribution >= 0.6 is 0 Å². The highest BCUT2D eigenvalue weighted by Gasteiger charge is 2.00. The van der Waals surface area contributed by atoms with E-state index in [2.05, 4.69) is 10.1 Å². The topological polar surface area (TPSA) is 71.2 Å². The zero-order valence-electron chi connectivity index (χ0n) is 7.33. The van der Waals surface area contributed by atoms with E-state index in [-0.39, 0.29) is 12.4 Å². The van der Waals surface area contributed by atoms with Gasteiger partial charge < -0.3 is 10.2 Å². The Balaban J connectivity index is 2.34. The predicted molar refractivity (Wildman–Crippen MR) is 48.9 cm³/mol. The van der Waals surface area contributed by atoms with Crippen LogP contribution in [-0.4, -0.2) is 25.0 Å². The van der Waals surface area contributed by atoms with Crippen molar-refractivity contribution in [2.45, 2.75) is 6.61 Å². The number of aliphatic hydroxyl groups excluding tert-OH is 1. The molecule has 2 heterocycles. The Morgan fingerprint density at radius 3 is 2.71 bits per heavy atom. The first-order chi connectivity index (χ1) is 6.79. The van der Waals surface area contributed by atoms with E-state index >= 15 is 0 Å². The lowest BCUT2D eigenvalue weighted by atomic mass is 10.4. The van der Waals surface area contributed by atoms with E-state index in [4.69, 9.17) is 10.2 Å². The van der Waals surface area contributed by atoms with Gasteiger partial charge in [-0.1, -0.05) is 0 Å². The van der Waals surface area contributed by atoms with Crippen LogP contribution in [0.3, 0.4) is 0 Å². The number of hydrogen-bond acceptors (Lipinski definition) is 4. The van der Waals surface area contributed by atoms with Gasteiger partial charge >= 0.3 is 0 Å². The molecule has 0 unspecified atom stereocenters. The summed E-state index contributed by atoms with van der Waals surface area (Å²) in [6.07, 6.45) is 3.04. The molecular weight excluding hydrogens is 182 g/mol. The number of nitrogens with zero attached hydrogens (tertiary/aromatic N) is 3. The van der Waals surface area contributed by atoms with Gasteiger partial charge in [-0.2, -0.15) is 5.10 Å². The highest BCUT2D eigenvalue weighted by molar-refractivity contribution is 5.27. The summed E-state index contributed by atoms with van der Waals surface area (Å²) in [6.45, 7) is -0.0922. The number of pyridine rings is 1. The Kier molecular flexibility index (Phi) is 2.16. The van der Waals surface area contributed by atoms with Gasteiger partial charge in [0.15, 0.2) is 5.82 Å². The van der Waals surface area contributed by atoms with Crippen molar-refractivity contribution in [3.63, 3.8) is 0 Å². The van der Waals surface area contributed by atoms with Crippen molar-refractivity contribution in [3.8, 4) is 11.6 Å². The minimum atomic E-state index is -0.0922. The second kappa shape index (κ2) is 3.47. The molecule has 0 aliphatic carbocycles. The normalized spacial score (nSPS) is 10.4. The number of aromatic hydroxyl groups is 1. The molecule has 0 saturated carbocycles. The van der Waals surface area contributed by atoms with Crippen molar-refractivity contribution in [1.29, 1.82) is 0 Å². The van der Waals surface area contributed by atoms with Crippen LogP contribution in [0, 0.1) is 0 Å². The maximum absolute atomic E-state index is 9.02. The molecule has 5 heteroatoms. The molecule has 0 aliphatic rings. The molecule has 2 N–H and O–H groups in total. The van der Waals surface area contributed by atoms with Crippen molar-refractivity contribution >= 4 is 0 Å². The van der Waals surface area contributed by atoms with Crippen LogP contribution in [0.4, 0.5) is 0 Å². The van der Waals surface area contributed by atoms with E-state index in [1.807, 2.05) is 0 Å². The first-order valence-electron chi connectivity index (χ1n) is 4.10. The van der Waals surface area contributed by atoms with Gasteiger partial charge in [0.25, 0.3) is 0 Å². The highest BCUT2D eigenvalue weighted by atomic mass is 16.3. The minimum Gasteiger partial charge on any atom is -0.506 e. The van der Waals surface area contributed by atoms with Crippen LogP contribution in [0.5, 0.6) is 5.75 Å². The van der Waals surface area contributed by atoms with Crippen molar-refractivity contribution in [3.05, 3.63) is 36.3 Å². The third-order valence-electron chi connectivity index (χ3n) is 1.77. The number of aromatic nitrogens is 3. The molecule has 0 fully saturated rings. The van der Waals surface area contributed by atoms with Crippen molar-refractivity contribution in [1.82, 2.24) is 14.8 Å². The number of hydrogen-bond donors (Lipinski definition) is 2. The Morgan fingerprint density at radius 1 is 1.29 bits per heavy atom. The second-order valence-electron chi connectivity index (χ2n) is 2.78. The average molecular weight is 191 g/mol. The summed E-state index contributed by atoms with van der Waals surface area (Å²) in [5, 5.41) is 21.9. The lowest BCUT2D eigenvalue weighted by molar-refractivity contribution is 0.276. The van der Waals surface area contributed by atoms with Crippen molar-refractivity contribution in [2.75, 3.05) is 0 Å². The van der Waals surface area contributed by atoms with Gasteiger partial charge in [-0.25, -0.2) is 9.67 Å². The van der Waals surface area contributed by atoms with E-state index in [0.717, 1.165) is 0 Å². The van der Waals surface area contributed by atoms with Gasteiger partial charge in [-0.15, -0.1) is 0 Å². The van der Waals surface area contributed by atoms with E-state index in [0.29, 0.717) is 11.5 Å².